The van der Waals surface area contributed by atoms with Crippen LogP contribution in [0.2, 0.25) is 0 Å². The first-order chi connectivity index (χ1) is 13.1. The van der Waals surface area contributed by atoms with Crippen LogP contribution in [-0.4, -0.2) is 25.5 Å². The summed E-state index contributed by atoms with van der Waals surface area (Å²) in [6.45, 7) is 1.77. The lowest BCUT2D eigenvalue weighted by atomic mass is 10.2. The first-order valence-corrected chi connectivity index (χ1v) is 8.88. The molecule has 3 rings (SSSR count). The molecule has 0 spiro atoms. The van der Waals surface area contributed by atoms with Gasteiger partial charge in [0, 0.05) is 11.1 Å². The summed E-state index contributed by atoms with van der Waals surface area (Å²) < 4.78 is 78.5. The number of nitrogens with zero attached hydrogens (tertiary/aromatic N) is 4. The van der Waals surface area contributed by atoms with Gasteiger partial charge in [-0.05, 0) is 30.0 Å². The Morgan fingerprint density at radius 2 is 1.68 bits per heavy atom. The van der Waals surface area contributed by atoms with Crippen LogP contribution >= 0.6 is 11.8 Å². The summed E-state index contributed by atoms with van der Waals surface area (Å²) in [4.78, 5) is 8.08. The second kappa shape index (κ2) is 7.46. The zero-order valence-electron chi connectivity index (χ0n) is 14.2. The third-order valence-electron chi connectivity index (χ3n) is 3.62. The lowest BCUT2D eigenvalue weighted by Gasteiger charge is -2.10. The summed E-state index contributed by atoms with van der Waals surface area (Å²) in [5, 5.41) is 4.09. The van der Waals surface area contributed by atoms with E-state index in [1.807, 2.05) is 0 Å². The normalized spacial score (nSPS) is 12.4. The van der Waals surface area contributed by atoms with Gasteiger partial charge in [-0.2, -0.15) is 26.3 Å². The minimum absolute atomic E-state index is 0.0158. The lowest BCUT2D eigenvalue weighted by molar-refractivity contribution is -0.138. The van der Waals surface area contributed by atoms with E-state index in [0.717, 1.165) is 34.6 Å². The second-order valence-corrected chi connectivity index (χ2v) is 6.87. The van der Waals surface area contributed by atoms with Crippen molar-refractivity contribution in [3.05, 3.63) is 54.0 Å². The van der Waals surface area contributed by atoms with E-state index < -0.39 is 23.5 Å². The molecule has 0 aliphatic rings. The molecule has 0 unspecified atom stereocenters. The van der Waals surface area contributed by atoms with E-state index >= 15 is 0 Å². The van der Waals surface area contributed by atoms with Crippen molar-refractivity contribution in [1.82, 2.24) is 19.7 Å². The van der Waals surface area contributed by atoms with Crippen molar-refractivity contribution >= 4 is 11.8 Å². The summed E-state index contributed by atoms with van der Waals surface area (Å²) in [6, 6.07) is 5.43. The standard InChI is InChI=1S/C17H12F6N4S/c1-2-28-13-7-11(17(21,22)23)8-24-14(13)15-25-9-27(26-15)12-5-3-4-10(6-12)16(18,19)20/h3-9H,2H2,1H3. The van der Waals surface area contributed by atoms with Crippen LogP contribution in [0.3, 0.4) is 0 Å². The Kier molecular flexibility index (Phi) is 5.37. The van der Waals surface area contributed by atoms with Gasteiger partial charge >= 0.3 is 12.4 Å². The van der Waals surface area contributed by atoms with Crippen molar-refractivity contribution in [2.24, 2.45) is 0 Å². The molecule has 2 heterocycles. The van der Waals surface area contributed by atoms with Crippen molar-refractivity contribution in [2.45, 2.75) is 24.2 Å². The number of hydrogen-bond donors (Lipinski definition) is 0. The number of halogens is 6. The van der Waals surface area contributed by atoms with Gasteiger partial charge in [0.05, 0.1) is 16.8 Å². The number of hydrogen-bond acceptors (Lipinski definition) is 4. The van der Waals surface area contributed by atoms with Crippen LogP contribution in [-0.2, 0) is 12.4 Å². The monoisotopic (exact) mass is 418 g/mol. The Morgan fingerprint density at radius 3 is 2.32 bits per heavy atom. The summed E-state index contributed by atoms with van der Waals surface area (Å²) in [7, 11) is 0. The third-order valence-corrected chi connectivity index (χ3v) is 4.53. The highest BCUT2D eigenvalue weighted by atomic mass is 32.2. The number of pyridine rings is 1. The Labute approximate surface area is 159 Å². The number of alkyl halides is 6. The predicted octanol–water partition coefficient (Wildman–Crippen LogP) is 5.48. The molecular formula is C17H12F6N4S. The highest BCUT2D eigenvalue weighted by molar-refractivity contribution is 7.99. The minimum atomic E-state index is -4.54. The first-order valence-electron chi connectivity index (χ1n) is 7.89. The molecule has 28 heavy (non-hydrogen) atoms. The van der Waals surface area contributed by atoms with Crippen LogP contribution in [0.5, 0.6) is 0 Å². The van der Waals surface area contributed by atoms with Gasteiger partial charge in [0.15, 0.2) is 0 Å². The quantitative estimate of drug-likeness (QED) is 0.416. The molecule has 0 atom stereocenters. The van der Waals surface area contributed by atoms with Crippen molar-refractivity contribution in [3.8, 4) is 17.2 Å². The molecule has 0 N–H and O–H groups in total. The molecule has 0 amide bonds. The molecule has 0 radical (unpaired) electrons. The lowest BCUT2D eigenvalue weighted by Crippen LogP contribution is -2.07. The maximum absolute atomic E-state index is 12.9. The highest BCUT2D eigenvalue weighted by Gasteiger charge is 2.32. The van der Waals surface area contributed by atoms with Gasteiger partial charge in [-0.3, -0.25) is 4.98 Å². The van der Waals surface area contributed by atoms with Crippen molar-refractivity contribution < 1.29 is 26.3 Å². The van der Waals surface area contributed by atoms with Crippen molar-refractivity contribution in [3.63, 3.8) is 0 Å². The van der Waals surface area contributed by atoms with Crippen LogP contribution in [0.4, 0.5) is 26.3 Å². The summed E-state index contributed by atoms with van der Waals surface area (Å²) in [6.07, 6.45) is -7.19. The minimum Gasteiger partial charge on any atom is -0.251 e. The Bertz CT molecular complexity index is 980. The number of benzene rings is 1. The van der Waals surface area contributed by atoms with E-state index in [2.05, 4.69) is 15.1 Å². The van der Waals surface area contributed by atoms with Gasteiger partial charge in [0.1, 0.15) is 12.0 Å². The fraction of sp³-hybridized carbons (Fsp3) is 0.235. The average Bonchev–Trinajstić information content (AvgIpc) is 3.10. The van der Waals surface area contributed by atoms with Gasteiger partial charge in [-0.1, -0.05) is 13.0 Å². The molecule has 2 aromatic heterocycles. The molecule has 0 bridgehead atoms. The second-order valence-electron chi connectivity index (χ2n) is 5.56. The van der Waals surface area contributed by atoms with Crippen LogP contribution < -0.4 is 0 Å². The van der Waals surface area contributed by atoms with E-state index in [4.69, 9.17) is 0 Å². The molecule has 0 aliphatic carbocycles. The van der Waals surface area contributed by atoms with Gasteiger partial charge in [-0.15, -0.1) is 16.9 Å². The number of thioether (sulfide) groups is 1. The van der Waals surface area contributed by atoms with Crippen molar-refractivity contribution in [1.29, 1.82) is 0 Å². The predicted molar refractivity (Wildman–Crippen MR) is 91.0 cm³/mol. The largest absolute Gasteiger partial charge is 0.417 e. The van der Waals surface area contributed by atoms with Crippen LogP contribution in [0.1, 0.15) is 18.1 Å². The molecule has 3 aromatic rings. The summed E-state index contributed by atoms with van der Waals surface area (Å²) in [5.41, 5.74) is -1.50. The van der Waals surface area contributed by atoms with Crippen LogP contribution in [0, 0.1) is 0 Å². The average molecular weight is 418 g/mol. The summed E-state index contributed by atoms with van der Waals surface area (Å²) >= 11 is 1.14. The highest BCUT2D eigenvalue weighted by Crippen LogP contribution is 2.35. The number of aromatic nitrogens is 4. The zero-order valence-corrected chi connectivity index (χ0v) is 15.0. The molecule has 0 saturated carbocycles. The molecule has 0 saturated heterocycles. The van der Waals surface area contributed by atoms with E-state index in [9.17, 15) is 26.3 Å². The first kappa shape index (κ1) is 20.2. The molecule has 11 heteroatoms. The number of rotatable bonds is 4. The molecule has 0 fully saturated rings. The zero-order chi connectivity index (χ0) is 20.5. The smallest absolute Gasteiger partial charge is 0.251 e. The molecular weight excluding hydrogens is 406 g/mol. The Balaban J connectivity index is 2.00. The van der Waals surface area contributed by atoms with Crippen molar-refractivity contribution in [2.75, 3.05) is 5.75 Å². The fourth-order valence-electron chi connectivity index (χ4n) is 2.35. The van der Waals surface area contributed by atoms with E-state index in [1.165, 1.54) is 18.5 Å². The van der Waals surface area contributed by atoms with Gasteiger partial charge in [0.2, 0.25) is 5.82 Å². The van der Waals surface area contributed by atoms with Gasteiger partial charge in [-0.25, -0.2) is 9.67 Å². The van der Waals surface area contributed by atoms with Crippen LogP contribution in [0.25, 0.3) is 17.2 Å². The van der Waals surface area contributed by atoms with E-state index in [1.54, 1.807) is 6.92 Å². The molecule has 4 nitrogen and oxygen atoms in total. The Hall–Kier alpha value is -2.56. The molecule has 148 valence electrons. The van der Waals surface area contributed by atoms with E-state index in [0.29, 0.717) is 11.9 Å². The molecule has 1 aromatic carbocycles. The van der Waals surface area contributed by atoms with Gasteiger partial charge < -0.3 is 0 Å². The maximum Gasteiger partial charge on any atom is 0.417 e. The maximum atomic E-state index is 12.9. The fourth-order valence-corrected chi connectivity index (χ4v) is 3.16. The summed E-state index contributed by atoms with van der Waals surface area (Å²) in [5.74, 6) is 0.506. The topological polar surface area (TPSA) is 43.6 Å². The third kappa shape index (κ3) is 4.29. The van der Waals surface area contributed by atoms with Gasteiger partial charge in [0.25, 0.3) is 0 Å². The van der Waals surface area contributed by atoms with Crippen LogP contribution in [0.15, 0.2) is 47.8 Å². The van der Waals surface area contributed by atoms with E-state index in [-0.39, 0.29) is 22.1 Å². The molecule has 0 aliphatic heterocycles. The SMILES string of the molecule is CCSc1cc(C(F)(F)F)cnc1-c1ncn(-c2cccc(C(F)(F)F)c2)n1. The Morgan fingerprint density at radius 1 is 0.964 bits per heavy atom.